The molecule has 0 aromatic rings. The maximum Gasteiger partial charge on any atom is 0.314 e. The van der Waals surface area contributed by atoms with Gasteiger partial charge in [-0.3, -0.25) is 9.59 Å². The number of hydrogen-bond donors (Lipinski definition) is 2. The molecule has 9 heteroatoms. The van der Waals surface area contributed by atoms with Crippen LogP contribution in [0.4, 0.5) is 0 Å². The molecular weight excluding hydrogens is 420 g/mol. The smallest absolute Gasteiger partial charge is 0.314 e. The molecule has 0 radical (unpaired) electrons. The molecular formula is C23H36O9. The average molecular weight is 457 g/mol. The minimum Gasteiger partial charge on any atom is -0.483 e. The second kappa shape index (κ2) is 8.51. The normalized spacial score (nSPS) is 50.1. The molecule has 2 aliphatic heterocycles. The number of hydrogen-bond acceptors (Lipinski definition) is 7. The van der Waals surface area contributed by atoms with E-state index in [4.69, 9.17) is 33.9 Å². The SMILES string of the molecule is CC1CC2CC(C)C3(OOC4(CCC5(CC4)OCC(C)(C(=O)O)CO5)O3)C(C1)C2.O=CO. The van der Waals surface area contributed by atoms with Crippen LogP contribution in [-0.2, 0) is 33.6 Å². The second-order valence-corrected chi connectivity index (χ2v) is 10.9. The summed E-state index contributed by atoms with van der Waals surface area (Å²) in [6.07, 6.45) is 7.20. The molecule has 5 atom stereocenters. The number of ether oxygens (including phenoxy) is 3. The van der Waals surface area contributed by atoms with E-state index in [-0.39, 0.29) is 19.7 Å². The first-order valence-corrected chi connectivity index (χ1v) is 11.8. The van der Waals surface area contributed by atoms with Crippen molar-refractivity contribution in [2.45, 2.75) is 89.5 Å². The Hall–Kier alpha value is -1.26. The molecule has 2 heterocycles. The first-order chi connectivity index (χ1) is 15.1. The standard InChI is InChI=1S/C22H34O7.CH2O2/c1-14-8-16-10-15(2)22(17(9-14)11-16)27-21(28-29-22)6-4-20(5-7-21)25-12-19(3,13-26-20)18(23)24;2-1-3/h14-17H,4-13H2,1-3H3,(H,23,24);1H,(H,2,3). The van der Waals surface area contributed by atoms with Crippen LogP contribution in [0.5, 0.6) is 0 Å². The van der Waals surface area contributed by atoms with E-state index >= 15 is 0 Å². The van der Waals surface area contributed by atoms with Crippen LogP contribution in [0.3, 0.4) is 0 Å². The van der Waals surface area contributed by atoms with E-state index in [1.807, 2.05) is 0 Å². The zero-order chi connectivity index (χ0) is 23.2. The van der Waals surface area contributed by atoms with E-state index in [0.717, 1.165) is 25.2 Å². The van der Waals surface area contributed by atoms with E-state index in [2.05, 4.69) is 13.8 Å². The largest absolute Gasteiger partial charge is 0.483 e. The second-order valence-electron chi connectivity index (χ2n) is 10.9. The molecule has 5 aliphatic rings. The summed E-state index contributed by atoms with van der Waals surface area (Å²) in [5.74, 6) is -0.820. The number of carboxylic acids is 1. The molecule has 2 saturated heterocycles. The van der Waals surface area contributed by atoms with Crippen LogP contribution in [-0.4, -0.2) is 53.2 Å². The van der Waals surface area contributed by atoms with Gasteiger partial charge in [0.1, 0.15) is 5.41 Å². The molecule has 3 saturated carbocycles. The predicted molar refractivity (Wildman–Crippen MR) is 110 cm³/mol. The molecule has 182 valence electrons. The van der Waals surface area contributed by atoms with Gasteiger partial charge in [-0.2, -0.15) is 9.78 Å². The van der Waals surface area contributed by atoms with Crippen LogP contribution in [0.1, 0.15) is 72.1 Å². The Kier molecular flexibility index (Phi) is 6.35. The number of rotatable bonds is 1. The summed E-state index contributed by atoms with van der Waals surface area (Å²) in [7, 11) is 0. The summed E-state index contributed by atoms with van der Waals surface area (Å²) >= 11 is 0. The van der Waals surface area contributed by atoms with Crippen LogP contribution >= 0.6 is 0 Å². The molecule has 32 heavy (non-hydrogen) atoms. The molecule has 5 rings (SSSR count). The molecule has 3 aliphatic carbocycles. The van der Waals surface area contributed by atoms with Crippen LogP contribution < -0.4 is 0 Å². The highest BCUT2D eigenvalue weighted by Gasteiger charge is 2.64. The fraction of sp³-hybridized carbons (Fsp3) is 0.913. The van der Waals surface area contributed by atoms with E-state index in [1.54, 1.807) is 6.92 Å². The van der Waals surface area contributed by atoms with Crippen LogP contribution in [0.15, 0.2) is 0 Å². The summed E-state index contributed by atoms with van der Waals surface area (Å²) in [4.78, 5) is 31.8. The lowest BCUT2D eigenvalue weighted by Gasteiger charge is -2.51. The van der Waals surface area contributed by atoms with E-state index in [1.165, 1.54) is 6.42 Å². The maximum atomic E-state index is 11.4. The quantitative estimate of drug-likeness (QED) is 0.450. The van der Waals surface area contributed by atoms with E-state index < -0.39 is 28.7 Å². The number of carboxylic acid groups (broad SMARTS) is 2. The highest BCUT2D eigenvalue weighted by Crippen LogP contribution is 2.59. The van der Waals surface area contributed by atoms with Crippen molar-refractivity contribution in [1.29, 1.82) is 0 Å². The van der Waals surface area contributed by atoms with Crippen molar-refractivity contribution in [3.8, 4) is 0 Å². The molecule has 2 bridgehead atoms. The fourth-order valence-electron chi connectivity index (χ4n) is 6.41. The molecule has 2 N–H and O–H groups in total. The highest BCUT2D eigenvalue weighted by molar-refractivity contribution is 5.74. The van der Waals surface area contributed by atoms with Gasteiger partial charge in [0, 0.05) is 37.5 Å². The number of fused-ring (bicyclic) bond motifs is 3. The molecule has 5 fully saturated rings. The topological polar surface area (TPSA) is 121 Å². The summed E-state index contributed by atoms with van der Waals surface area (Å²) in [6.45, 7) is 6.31. The van der Waals surface area contributed by atoms with Gasteiger partial charge < -0.3 is 24.4 Å². The van der Waals surface area contributed by atoms with Gasteiger partial charge in [0.25, 0.3) is 6.47 Å². The lowest BCUT2D eigenvalue weighted by molar-refractivity contribution is -0.388. The Morgan fingerprint density at radius 1 is 0.938 bits per heavy atom. The van der Waals surface area contributed by atoms with Gasteiger partial charge >= 0.3 is 5.97 Å². The van der Waals surface area contributed by atoms with E-state index in [0.29, 0.717) is 43.4 Å². The summed E-state index contributed by atoms with van der Waals surface area (Å²) in [5.41, 5.74) is -0.986. The Morgan fingerprint density at radius 3 is 2.12 bits per heavy atom. The van der Waals surface area contributed by atoms with Crippen molar-refractivity contribution in [2.75, 3.05) is 13.2 Å². The predicted octanol–water partition coefficient (Wildman–Crippen LogP) is 3.56. The fourth-order valence-corrected chi connectivity index (χ4v) is 6.41. The van der Waals surface area contributed by atoms with Crippen molar-refractivity contribution >= 4 is 12.4 Å². The van der Waals surface area contributed by atoms with Crippen molar-refractivity contribution in [3.63, 3.8) is 0 Å². The van der Waals surface area contributed by atoms with Crippen molar-refractivity contribution in [2.24, 2.45) is 29.1 Å². The van der Waals surface area contributed by atoms with Gasteiger partial charge in [-0.15, -0.1) is 0 Å². The minimum atomic E-state index is -0.986. The lowest BCUT2D eigenvalue weighted by atomic mass is 9.62. The van der Waals surface area contributed by atoms with Gasteiger partial charge in [0.15, 0.2) is 5.79 Å². The molecule has 0 aromatic carbocycles. The van der Waals surface area contributed by atoms with Crippen molar-refractivity contribution in [1.82, 2.24) is 0 Å². The first kappa shape index (κ1) is 23.9. The van der Waals surface area contributed by atoms with Crippen molar-refractivity contribution in [3.05, 3.63) is 0 Å². The summed E-state index contributed by atoms with van der Waals surface area (Å²) in [6, 6.07) is 0. The average Bonchev–Trinajstić information content (AvgIpc) is 3.13. The lowest BCUT2D eigenvalue weighted by Crippen LogP contribution is -2.57. The van der Waals surface area contributed by atoms with Gasteiger partial charge in [-0.05, 0) is 44.4 Å². The van der Waals surface area contributed by atoms with Crippen molar-refractivity contribution < 1.29 is 43.8 Å². The minimum absolute atomic E-state index is 0.163. The summed E-state index contributed by atoms with van der Waals surface area (Å²) in [5, 5.41) is 16.3. The van der Waals surface area contributed by atoms with Crippen LogP contribution in [0.25, 0.3) is 0 Å². The summed E-state index contributed by atoms with van der Waals surface area (Å²) < 4.78 is 18.7. The maximum absolute atomic E-state index is 11.4. The third kappa shape index (κ3) is 4.07. The molecule has 3 spiro atoms. The Balaban J connectivity index is 0.000000775. The van der Waals surface area contributed by atoms with E-state index in [9.17, 15) is 9.90 Å². The molecule has 9 nitrogen and oxygen atoms in total. The first-order valence-electron chi connectivity index (χ1n) is 11.8. The zero-order valence-corrected chi connectivity index (χ0v) is 19.2. The van der Waals surface area contributed by atoms with Crippen LogP contribution in [0, 0.1) is 29.1 Å². The number of aliphatic carboxylic acids is 1. The molecule has 0 amide bonds. The molecule has 0 aromatic heterocycles. The monoisotopic (exact) mass is 456 g/mol. The van der Waals surface area contributed by atoms with Gasteiger partial charge in [0.2, 0.25) is 11.6 Å². The zero-order valence-electron chi connectivity index (χ0n) is 19.2. The number of carbonyl (C=O) groups is 2. The van der Waals surface area contributed by atoms with Crippen LogP contribution in [0.2, 0.25) is 0 Å². The Morgan fingerprint density at radius 2 is 1.53 bits per heavy atom. The Bertz CT molecular complexity index is 702. The van der Waals surface area contributed by atoms with Gasteiger partial charge in [0.05, 0.1) is 13.2 Å². The molecule has 5 unspecified atom stereocenters. The van der Waals surface area contributed by atoms with Gasteiger partial charge in [-0.1, -0.05) is 13.8 Å². The third-order valence-electron chi connectivity index (χ3n) is 8.25. The highest BCUT2D eigenvalue weighted by atomic mass is 17.3. The third-order valence-corrected chi connectivity index (χ3v) is 8.25. The Labute approximate surface area is 188 Å². The van der Waals surface area contributed by atoms with Gasteiger partial charge in [-0.25, -0.2) is 0 Å².